The molecule has 104 valence electrons. The van der Waals surface area contributed by atoms with Gasteiger partial charge >= 0.3 is 0 Å². The third-order valence-corrected chi connectivity index (χ3v) is 3.20. The maximum Gasteiger partial charge on any atom is 0.271 e. The highest BCUT2D eigenvalue weighted by Crippen LogP contribution is 2.36. The first-order valence-electron chi connectivity index (χ1n) is 5.96. The van der Waals surface area contributed by atoms with Crippen molar-refractivity contribution in [2.45, 2.75) is 0 Å². The zero-order valence-corrected chi connectivity index (χ0v) is 10.5. The largest absolute Gasteiger partial charge is 0.506 e. The molecule has 3 rings (SSSR count). The van der Waals surface area contributed by atoms with Crippen molar-refractivity contribution in [1.82, 2.24) is 0 Å². The fourth-order valence-corrected chi connectivity index (χ4v) is 2.21. The number of imide groups is 1. The van der Waals surface area contributed by atoms with Crippen molar-refractivity contribution in [3.05, 3.63) is 63.7 Å². The quantitative estimate of drug-likeness (QED) is 0.517. The Hall–Kier alpha value is -3.22. The van der Waals surface area contributed by atoms with Gasteiger partial charge in [0.25, 0.3) is 17.5 Å². The molecule has 7 heteroatoms. The molecule has 2 amide bonds. The molecule has 0 aliphatic carbocycles. The number of nitro groups is 1. The number of anilines is 1. The van der Waals surface area contributed by atoms with E-state index in [1.54, 1.807) is 12.1 Å². The number of benzene rings is 2. The minimum atomic E-state index is -0.666. The Morgan fingerprint density at radius 1 is 1.00 bits per heavy atom. The average molecular weight is 284 g/mol. The number of aromatic hydroxyl groups is 1. The van der Waals surface area contributed by atoms with Gasteiger partial charge in [-0.15, -0.1) is 0 Å². The van der Waals surface area contributed by atoms with Crippen molar-refractivity contribution in [3.8, 4) is 5.75 Å². The Morgan fingerprint density at radius 3 is 2.10 bits per heavy atom. The molecule has 21 heavy (non-hydrogen) atoms. The minimum Gasteiger partial charge on any atom is -0.506 e. The molecule has 0 saturated heterocycles. The van der Waals surface area contributed by atoms with Gasteiger partial charge in [-0.2, -0.15) is 0 Å². The van der Waals surface area contributed by atoms with Crippen LogP contribution in [0.3, 0.4) is 0 Å². The summed E-state index contributed by atoms with van der Waals surface area (Å²) in [7, 11) is 0. The lowest BCUT2D eigenvalue weighted by Crippen LogP contribution is -2.29. The Kier molecular flexibility index (Phi) is 2.69. The number of non-ortho nitro benzene ring substituents is 1. The van der Waals surface area contributed by atoms with Gasteiger partial charge in [-0.3, -0.25) is 19.7 Å². The van der Waals surface area contributed by atoms with Gasteiger partial charge in [-0.05, 0) is 18.2 Å². The van der Waals surface area contributed by atoms with Crippen LogP contribution in [0.2, 0.25) is 0 Å². The van der Waals surface area contributed by atoms with Crippen LogP contribution < -0.4 is 4.90 Å². The first kappa shape index (κ1) is 12.8. The van der Waals surface area contributed by atoms with E-state index in [2.05, 4.69) is 0 Å². The molecule has 1 aliphatic rings. The molecule has 2 aromatic rings. The summed E-state index contributed by atoms with van der Waals surface area (Å²) in [6, 6.07) is 9.38. The smallest absolute Gasteiger partial charge is 0.271 e. The fourth-order valence-electron chi connectivity index (χ4n) is 2.21. The summed E-state index contributed by atoms with van der Waals surface area (Å²) in [4.78, 5) is 35.4. The zero-order valence-electron chi connectivity index (χ0n) is 10.5. The molecule has 1 N–H and O–H groups in total. The first-order chi connectivity index (χ1) is 10.0. The van der Waals surface area contributed by atoms with Gasteiger partial charge in [-0.25, -0.2) is 4.90 Å². The average Bonchev–Trinajstić information content (AvgIpc) is 2.72. The second kappa shape index (κ2) is 4.41. The van der Waals surface area contributed by atoms with Crippen LogP contribution in [-0.4, -0.2) is 21.8 Å². The number of phenols is 1. The van der Waals surface area contributed by atoms with Gasteiger partial charge in [0.2, 0.25) is 0 Å². The molecule has 0 radical (unpaired) electrons. The normalized spacial score (nSPS) is 13.4. The predicted octanol–water partition coefficient (Wildman–Crippen LogP) is 2.10. The number of phenolic OH excluding ortho intramolecular Hbond substituents is 1. The van der Waals surface area contributed by atoms with Crippen LogP contribution in [0.1, 0.15) is 20.7 Å². The number of hydrogen-bond donors (Lipinski definition) is 1. The van der Waals surface area contributed by atoms with E-state index in [1.165, 1.54) is 12.1 Å². The van der Waals surface area contributed by atoms with Gasteiger partial charge in [-0.1, -0.05) is 12.1 Å². The predicted molar refractivity (Wildman–Crippen MR) is 72.3 cm³/mol. The maximum atomic E-state index is 12.3. The molecule has 7 nitrogen and oxygen atoms in total. The number of nitrogens with zero attached hydrogens (tertiary/aromatic N) is 2. The number of amides is 2. The molecule has 1 aliphatic heterocycles. The van der Waals surface area contributed by atoms with Gasteiger partial charge in [0.05, 0.1) is 16.1 Å². The molecular formula is C14H8N2O5. The van der Waals surface area contributed by atoms with Crippen LogP contribution in [-0.2, 0) is 0 Å². The summed E-state index contributed by atoms with van der Waals surface area (Å²) in [5.74, 6) is -1.62. The van der Waals surface area contributed by atoms with E-state index in [1.807, 2.05) is 0 Å². The van der Waals surface area contributed by atoms with Crippen LogP contribution in [0.5, 0.6) is 5.75 Å². The van der Waals surface area contributed by atoms with Crippen molar-refractivity contribution in [2.24, 2.45) is 0 Å². The lowest BCUT2D eigenvalue weighted by atomic mass is 10.1. The molecular weight excluding hydrogens is 276 g/mol. The van der Waals surface area contributed by atoms with Crippen LogP contribution in [0, 0.1) is 10.1 Å². The summed E-state index contributed by atoms with van der Waals surface area (Å²) in [5.41, 5.74) is -0.114. The SMILES string of the molecule is O=C1c2ccccc2C(=O)N1c1cc([N+](=O)[O-])ccc1O. The summed E-state index contributed by atoms with van der Waals surface area (Å²) in [6.07, 6.45) is 0. The van der Waals surface area contributed by atoms with Crippen molar-refractivity contribution in [2.75, 3.05) is 4.90 Å². The third-order valence-electron chi connectivity index (χ3n) is 3.20. The number of nitro benzene ring substituents is 1. The van der Waals surface area contributed by atoms with Gasteiger partial charge in [0.1, 0.15) is 11.4 Å². The second-order valence-electron chi connectivity index (χ2n) is 4.42. The summed E-state index contributed by atoms with van der Waals surface area (Å²) >= 11 is 0. The van der Waals surface area contributed by atoms with Crippen molar-refractivity contribution < 1.29 is 19.6 Å². The first-order valence-corrected chi connectivity index (χ1v) is 5.96. The number of carbonyl (C=O) groups excluding carboxylic acids is 2. The molecule has 0 atom stereocenters. The third kappa shape index (κ3) is 1.83. The topological polar surface area (TPSA) is 101 Å². The molecule has 0 unspecified atom stereocenters. The Labute approximate surface area is 118 Å². The molecule has 0 bridgehead atoms. The Morgan fingerprint density at radius 2 is 1.57 bits per heavy atom. The molecule has 2 aromatic carbocycles. The standard InChI is InChI=1S/C14H8N2O5/c17-12-6-5-8(16(20)21)7-11(12)15-13(18)9-3-1-2-4-10(9)14(15)19/h1-7,17H. The van der Waals surface area contributed by atoms with Crippen molar-refractivity contribution >= 4 is 23.2 Å². The zero-order chi connectivity index (χ0) is 15.1. The molecule has 0 aromatic heterocycles. The number of carbonyl (C=O) groups is 2. The highest BCUT2D eigenvalue weighted by Gasteiger charge is 2.38. The molecule has 1 heterocycles. The van der Waals surface area contributed by atoms with Crippen LogP contribution >= 0.6 is 0 Å². The fraction of sp³-hybridized carbons (Fsp3) is 0. The minimum absolute atomic E-state index is 0.199. The number of rotatable bonds is 2. The van der Waals surface area contributed by atoms with Crippen molar-refractivity contribution in [1.29, 1.82) is 0 Å². The lowest BCUT2D eigenvalue weighted by molar-refractivity contribution is -0.384. The Balaban J connectivity index is 2.15. The van der Waals surface area contributed by atoms with E-state index < -0.39 is 16.7 Å². The lowest BCUT2D eigenvalue weighted by Gasteiger charge is -2.14. The van der Waals surface area contributed by atoms with E-state index in [0.29, 0.717) is 0 Å². The summed E-state index contributed by atoms with van der Waals surface area (Å²) in [6.45, 7) is 0. The van der Waals surface area contributed by atoms with E-state index in [9.17, 15) is 24.8 Å². The van der Waals surface area contributed by atoms with Gasteiger partial charge in [0, 0.05) is 12.1 Å². The number of fused-ring (bicyclic) bond motifs is 1. The highest BCUT2D eigenvalue weighted by molar-refractivity contribution is 6.34. The number of hydrogen-bond acceptors (Lipinski definition) is 5. The van der Waals surface area contributed by atoms with E-state index in [-0.39, 0.29) is 28.3 Å². The second-order valence-corrected chi connectivity index (χ2v) is 4.42. The van der Waals surface area contributed by atoms with Crippen LogP contribution in [0.4, 0.5) is 11.4 Å². The van der Waals surface area contributed by atoms with E-state index in [0.717, 1.165) is 23.1 Å². The monoisotopic (exact) mass is 284 g/mol. The summed E-state index contributed by atoms with van der Waals surface area (Å²) < 4.78 is 0. The molecule has 0 saturated carbocycles. The van der Waals surface area contributed by atoms with Gasteiger partial charge < -0.3 is 5.11 Å². The molecule has 0 fully saturated rings. The highest BCUT2D eigenvalue weighted by atomic mass is 16.6. The summed E-state index contributed by atoms with van der Waals surface area (Å²) in [5, 5.41) is 20.6. The van der Waals surface area contributed by atoms with Crippen LogP contribution in [0.25, 0.3) is 0 Å². The van der Waals surface area contributed by atoms with Crippen LogP contribution in [0.15, 0.2) is 42.5 Å². The Bertz CT molecular complexity index is 765. The van der Waals surface area contributed by atoms with Gasteiger partial charge in [0.15, 0.2) is 0 Å². The van der Waals surface area contributed by atoms with E-state index >= 15 is 0 Å². The van der Waals surface area contributed by atoms with E-state index in [4.69, 9.17) is 0 Å². The van der Waals surface area contributed by atoms with Crippen molar-refractivity contribution in [3.63, 3.8) is 0 Å². The molecule has 0 spiro atoms. The maximum absolute atomic E-state index is 12.3.